The Kier molecular flexibility index (Phi) is 6.82. The van der Waals surface area contributed by atoms with E-state index >= 15 is 0 Å². The molecule has 0 saturated carbocycles. The quantitative estimate of drug-likeness (QED) is 0.741. The van der Waals surface area contributed by atoms with Crippen LogP contribution in [0.2, 0.25) is 0 Å². The number of carbonyl (C=O) groups excluding carboxylic acids is 2. The maximum absolute atomic E-state index is 11.8. The van der Waals surface area contributed by atoms with Gasteiger partial charge in [0.1, 0.15) is 6.61 Å². The van der Waals surface area contributed by atoms with Crippen LogP contribution in [-0.4, -0.2) is 17.9 Å². The molecule has 106 valence electrons. The molecule has 1 aromatic rings. The summed E-state index contributed by atoms with van der Waals surface area (Å²) in [6.45, 7) is 7.25. The Morgan fingerprint density at radius 1 is 1.20 bits per heavy atom. The summed E-state index contributed by atoms with van der Waals surface area (Å²) in [6.07, 6.45) is 3.06. The van der Waals surface area contributed by atoms with Gasteiger partial charge in [-0.3, -0.25) is 4.79 Å². The van der Waals surface area contributed by atoms with Gasteiger partial charge < -0.3 is 10.1 Å². The van der Waals surface area contributed by atoms with Crippen molar-refractivity contribution in [1.29, 1.82) is 0 Å². The summed E-state index contributed by atoms with van der Waals surface area (Å²) in [5.74, 6) is -0.114. The second kappa shape index (κ2) is 8.69. The van der Waals surface area contributed by atoms with Crippen molar-refractivity contribution in [2.24, 2.45) is 0 Å². The van der Waals surface area contributed by atoms with Gasteiger partial charge in [-0.25, -0.2) is 4.79 Å². The van der Waals surface area contributed by atoms with E-state index in [0.717, 1.165) is 5.56 Å². The van der Waals surface area contributed by atoms with Crippen molar-refractivity contribution in [2.75, 3.05) is 0 Å². The number of hydrogen-bond acceptors (Lipinski definition) is 3. The van der Waals surface area contributed by atoms with Crippen molar-refractivity contribution < 1.29 is 14.3 Å². The molecule has 0 bridgehead atoms. The van der Waals surface area contributed by atoms with Crippen molar-refractivity contribution >= 4 is 11.9 Å². The van der Waals surface area contributed by atoms with Crippen LogP contribution in [0, 0.1) is 0 Å². The summed E-state index contributed by atoms with van der Waals surface area (Å²) in [6, 6.07) is 8.72. The van der Waals surface area contributed by atoms with Crippen LogP contribution < -0.4 is 5.32 Å². The number of rotatable bonds is 8. The zero-order chi connectivity index (χ0) is 14.8. The van der Waals surface area contributed by atoms with Crippen molar-refractivity contribution in [1.82, 2.24) is 5.32 Å². The van der Waals surface area contributed by atoms with Gasteiger partial charge in [-0.05, 0) is 12.0 Å². The maximum atomic E-state index is 11.8. The average molecular weight is 273 g/mol. The number of Topliss-reactive ketones (excluding diaryl/α,β-unsaturated/α-hetero) is 1. The summed E-state index contributed by atoms with van der Waals surface area (Å²) in [7, 11) is 0. The molecule has 1 atom stereocenters. The maximum Gasteiger partial charge on any atom is 0.408 e. The molecule has 1 amide bonds. The Morgan fingerprint density at radius 3 is 2.50 bits per heavy atom. The Bertz CT molecular complexity index is 468. The minimum Gasteiger partial charge on any atom is -0.445 e. The molecular formula is C16H19NO3. The van der Waals surface area contributed by atoms with E-state index in [0.29, 0.717) is 6.42 Å². The van der Waals surface area contributed by atoms with E-state index in [-0.39, 0.29) is 18.8 Å². The van der Waals surface area contributed by atoms with Crippen LogP contribution in [0.15, 0.2) is 55.6 Å². The standard InChI is InChI=1S/C16H19NO3/c1-3-8-14(15(18)9-4-2)17-16(19)20-12-13-10-6-5-7-11-13/h3-7,10-11,14H,1-2,8-9,12H2,(H,17,19). The highest BCUT2D eigenvalue weighted by Crippen LogP contribution is 2.03. The minimum absolute atomic E-state index is 0.114. The first kappa shape index (κ1) is 15.7. The van der Waals surface area contributed by atoms with E-state index in [1.165, 1.54) is 6.08 Å². The molecule has 1 unspecified atom stereocenters. The van der Waals surface area contributed by atoms with E-state index in [1.807, 2.05) is 30.3 Å². The van der Waals surface area contributed by atoms with Crippen LogP contribution in [0.5, 0.6) is 0 Å². The van der Waals surface area contributed by atoms with Crippen LogP contribution in [0.3, 0.4) is 0 Å². The summed E-state index contributed by atoms with van der Waals surface area (Å²) in [4.78, 5) is 23.4. The number of benzene rings is 1. The normalized spacial score (nSPS) is 11.2. The predicted octanol–water partition coefficient (Wildman–Crippen LogP) is 3.00. The fraction of sp³-hybridized carbons (Fsp3) is 0.250. The van der Waals surface area contributed by atoms with Crippen LogP contribution in [-0.2, 0) is 16.1 Å². The third-order valence-corrected chi connectivity index (χ3v) is 2.64. The highest BCUT2D eigenvalue weighted by atomic mass is 16.5. The fourth-order valence-electron chi connectivity index (χ4n) is 1.63. The molecule has 0 aliphatic heterocycles. The second-order valence-corrected chi connectivity index (χ2v) is 4.24. The largest absolute Gasteiger partial charge is 0.445 e. The molecule has 4 nitrogen and oxygen atoms in total. The number of alkyl carbamates (subject to hydrolysis) is 1. The molecule has 0 spiro atoms. The number of ether oxygens (including phenoxy) is 1. The van der Waals surface area contributed by atoms with Gasteiger partial charge in [-0.1, -0.05) is 42.5 Å². The smallest absolute Gasteiger partial charge is 0.408 e. The molecule has 4 heteroatoms. The fourth-order valence-corrected chi connectivity index (χ4v) is 1.63. The Hall–Kier alpha value is -2.36. The molecule has 20 heavy (non-hydrogen) atoms. The zero-order valence-electron chi connectivity index (χ0n) is 11.4. The van der Waals surface area contributed by atoms with E-state index in [1.54, 1.807) is 6.08 Å². The SMILES string of the molecule is C=CCC(=O)C(CC=C)NC(=O)OCc1ccccc1. The average Bonchev–Trinajstić information content (AvgIpc) is 2.46. The van der Waals surface area contributed by atoms with Crippen molar-refractivity contribution in [3.63, 3.8) is 0 Å². The molecule has 0 saturated heterocycles. The molecule has 0 aliphatic rings. The van der Waals surface area contributed by atoms with E-state index in [2.05, 4.69) is 18.5 Å². The van der Waals surface area contributed by atoms with Crippen LogP contribution in [0.1, 0.15) is 18.4 Å². The van der Waals surface area contributed by atoms with Gasteiger partial charge in [0.2, 0.25) is 0 Å². The first-order valence-corrected chi connectivity index (χ1v) is 6.39. The van der Waals surface area contributed by atoms with Crippen LogP contribution in [0.25, 0.3) is 0 Å². The number of amides is 1. The molecule has 0 aromatic heterocycles. The monoisotopic (exact) mass is 273 g/mol. The molecule has 0 radical (unpaired) electrons. The third kappa shape index (κ3) is 5.52. The van der Waals surface area contributed by atoms with Crippen molar-refractivity contribution in [3.05, 3.63) is 61.2 Å². The Labute approximate surface area is 119 Å². The molecule has 1 N–H and O–H groups in total. The first-order chi connectivity index (χ1) is 9.67. The predicted molar refractivity (Wildman–Crippen MR) is 78.2 cm³/mol. The van der Waals surface area contributed by atoms with E-state index in [9.17, 15) is 9.59 Å². The summed E-state index contributed by atoms with van der Waals surface area (Å²) < 4.78 is 5.07. The topological polar surface area (TPSA) is 55.4 Å². The lowest BCUT2D eigenvalue weighted by molar-refractivity contribution is -0.120. The third-order valence-electron chi connectivity index (χ3n) is 2.64. The lowest BCUT2D eigenvalue weighted by Crippen LogP contribution is -2.40. The molecule has 0 aliphatic carbocycles. The van der Waals surface area contributed by atoms with Gasteiger partial charge in [0.05, 0.1) is 6.04 Å². The molecule has 0 heterocycles. The van der Waals surface area contributed by atoms with Crippen molar-refractivity contribution in [2.45, 2.75) is 25.5 Å². The molecular weight excluding hydrogens is 254 g/mol. The van der Waals surface area contributed by atoms with Crippen molar-refractivity contribution in [3.8, 4) is 0 Å². The molecule has 1 aromatic carbocycles. The number of nitrogens with one attached hydrogen (secondary N) is 1. The molecule has 1 rings (SSSR count). The second-order valence-electron chi connectivity index (χ2n) is 4.24. The van der Waals surface area contributed by atoms with Crippen LogP contribution >= 0.6 is 0 Å². The van der Waals surface area contributed by atoms with Gasteiger partial charge in [-0.2, -0.15) is 0 Å². The summed E-state index contributed by atoms with van der Waals surface area (Å²) in [5, 5.41) is 2.54. The van der Waals surface area contributed by atoms with Gasteiger partial charge in [-0.15, -0.1) is 13.2 Å². The Morgan fingerprint density at radius 2 is 1.90 bits per heavy atom. The number of carbonyl (C=O) groups is 2. The van der Waals surface area contributed by atoms with Gasteiger partial charge in [0.25, 0.3) is 0 Å². The lowest BCUT2D eigenvalue weighted by Gasteiger charge is -2.15. The molecule has 0 fully saturated rings. The van der Waals surface area contributed by atoms with E-state index in [4.69, 9.17) is 4.74 Å². The summed E-state index contributed by atoms with van der Waals surface area (Å²) >= 11 is 0. The number of ketones is 1. The van der Waals surface area contributed by atoms with Gasteiger partial charge in [0.15, 0.2) is 5.78 Å². The zero-order valence-corrected chi connectivity index (χ0v) is 11.4. The van der Waals surface area contributed by atoms with Gasteiger partial charge >= 0.3 is 6.09 Å². The number of hydrogen-bond donors (Lipinski definition) is 1. The lowest BCUT2D eigenvalue weighted by atomic mass is 10.1. The minimum atomic E-state index is -0.617. The van der Waals surface area contributed by atoms with E-state index < -0.39 is 12.1 Å². The van der Waals surface area contributed by atoms with Crippen LogP contribution in [0.4, 0.5) is 4.79 Å². The Balaban J connectivity index is 2.47. The highest BCUT2D eigenvalue weighted by Gasteiger charge is 2.18. The number of allylic oxidation sites excluding steroid dienone is 1. The summed E-state index contributed by atoms with van der Waals surface area (Å²) in [5.41, 5.74) is 0.889. The first-order valence-electron chi connectivity index (χ1n) is 6.39. The highest BCUT2D eigenvalue weighted by molar-refractivity contribution is 5.88. The van der Waals surface area contributed by atoms with Gasteiger partial charge in [0, 0.05) is 6.42 Å².